The zero-order valence-electron chi connectivity index (χ0n) is 16.5. The fraction of sp³-hybridized carbons (Fsp3) is 0.227. The Morgan fingerprint density at radius 1 is 1.24 bits per heavy atom. The lowest BCUT2D eigenvalue weighted by atomic mass is 10.1. The molecule has 3 rings (SSSR count). The second kappa shape index (κ2) is 8.96. The molecule has 2 aromatic carbocycles. The van der Waals surface area contributed by atoms with Gasteiger partial charge in [0.1, 0.15) is 11.5 Å². The number of para-hydroxylation sites is 1. The Bertz CT molecular complexity index is 983. The van der Waals surface area contributed by atoms with Gasteiger partial charge in [-0.1, -0.05) is 25.1 Å². The first kappa shape index (κ1) is 20.7. The first-order chi connectivity index (χ1) is 13.9. The average molecular weight is 410 g/mol. The van der Waals surface area contributed by atoms with Crippen LogP contribution in [0.15, 0.2) is 58.4 Å². The molecule has 29 heavy (non-hydrogen) atoms. The Balaban J connectivity index is 1.88. The molecule has 1 aliphatic rings. The number of hydrogen-bond donors (Lipinski definition) is 1. The van der Waals surface area contributed by atoms with Crippen LogP contribution < -0.4 is 4.74 Å². The van der Waals surface area contributed by atoms with Gasteiger partial charge in [-0.15, -0.1) is 0 Å². The number of aromatic hydroxyl groups is 1. The van der Waals surface area contributed by atoms with Crippen molar-refractivity contribution in [2.45, 2.75) is 26.4 Å². The monoisotopic (exact) mass is 410 g/mol. The van der Waals surface area contributed by atoms with E-state index < -0.39 is 6.10 Å². The molecule has 1 saturated heterocycles. The van der Waals surface area contributed by atoms with Gasteiger partial charge >= 0.3 is 0 Å². The second-order valence-electron chi connectivity index (χ2n) is 6.55. The van der Waals surface area contributed by atoms with Gasteiger partial charge in [-0.25, -0.2) is 4.99 Å². The van der Waals surface area contributed by atoms with Crippen LogP contribution in [0.3, 0.4) is 0 Å². The normalized spacial score (nSPS) is 17.8. The SMILES string of the molecule is CCC(Oc1ccccc1/C=C1\SC(=Nc2ccc(O)cc2)N(C)C1=O)C(C)=O. The number of amides is 1. The number of aliphatic imine (C=N–C) groups is 1. The highest BCUT2D eigenvalue weighted by atomic mass is 32.2. The van der Waals surface area contributed by atoms with Crippen molar-refractivity contribution in [2.75, 3.05) is 7.05 Å². The summed E-state index contributed by atoms with van der Waals surface area (Å²) in [6.45, 7) is 3.40. The largest absolute Gasteiger partial charge is 0.508 e. The molecule has 150 valence electrons. The molecule has 1 atom stereocenters. The number of carbonyl (C=O) groups excluding carboxylic acids is 2. The van der Waals surface area contributed by atoms with Crippen molar-refractivity contribution in [3.8, 4) is 11.5 Å². The summed E-state index contributed by atoms with van der Waals surface area (Å²) in [5.74, 6) is 0.512. The summed E-state index contributed by atoms with van der Waals surface area (Å²) in [6.07, 6.45) is 1.81. The molecule has 2 aromatic rings. The van der Waals surface area contributed by atoms with E-state index in [1.54, 1.807) is 43.5 Å². The van der Waals surface area contributed by atoms with E-state index in [1.165, 1.54) is 23.6 Å². The van der Waals surface area contributed by atoms with E-state index in [0.29, 0.717) is 27.9 Å². The van der Waals surface area contributed by atoms with E-state index in [2.05, 4.69) is 4.99 Å². The van der Waals surface area contributed by atoms with Crippen molar-refractivity contribution < 1.29 is 19.4 Å². The van der Waals surface area contributed by atoms with Crippen LogP contribution in [0, 0.1) is 0 Å². The van der Waals surface area contributed by atoms with E-state index >= 15 is 0 Å². The zero-order chi connectivity index (χ0) is 21.0. The van der Waals surface area contributed by atoms with Crippen LogP contribution in [-0.2, 0) is 9.59 Å². The number of ketones is 1. The first-order valence-corrected chi connectivity index (χ1v) is 10.0. The first-order valence-electron chi connectivity index (χ1n) is 9.20. The number of ether oxygens (including phenoxy) is 1. The number of hydrogen-bond acceptors (Lipinski definition) is 6. The maximum absolute atomic E-state index is 12.7. The van der Waals surface area contributed by atoms with Crippen LogP contribution in [0.1, 0.15) is 25.8 Å². The van der Waals surface area contributed by atoms with Crippen LogP contribution in [-0.4, -0.2) is 40.0 Å². The predicted octanol–water partition coefficient (Wildman–Crippen LogP) is 4.37. The third-order valence-corrected chi connectivity index (χ3v) is 5.44. The smallest absolute Gasteiger partial charge is 0.266 e. The third kappa shape index (κ3) is 4.86. The Labute approximate surface area is 173 Å². The number of nitrogens with zero attached hydrogens (tertiary/aromatic N) is 2. The standard InChI is InChI=1S/C22H22N2O4S/c1-4-18(14(2)25)28-19-8-6-5-7-15(19)13-20-21(27)24(3)22(29-20)23-16-9-11-17(26)12-10-16/h5-13,18,26H,4H2,1-3H3/b20-13-,23-22?. The second-order valence-corrected chi connectivity index (χ2v) is 7.56. The molecule has 0 aliphatic carbocycles. The van der Waals surface area contributed by atoms with Gasteiger partial charge in [-0.05, 0) is 61.5 Å². The number of thioether (sulfide) groups is 1. The Morgan fingerprint density at radius 3 is 2.59 bits per heavy atom. The molecule has 0 aromatic heterocycles. The van der Waals surface area contributed by atoms with Gasteiger partial charge in [-0.3, -0.25) is 14.5 Å². The number of amidine groups is 1. The molecule has 1 amide bonds. The molecule has 0 bridgehead atoms. The van der Waals surface area contributed by atoms with Gasteiger partial charge in [-0.2, -0.15) is 0 Å². The molecule has 0 radical (unpaired) electrons. The zero-order valence-corrected chi connectivity index (χ0v) is 17.3. The van der Waals surface area contributed by atoms with Crippen molar-refractivity contribution in [1.82, 2.24) is 4.90 Å². The van der Waals surface area contributed by atoms with Gasteiger partial charge in [0.05, 0.1) is 10.6 Å². The number of likely N-dealkylation sites (N-methyl/N-ethyl adjacent to an activating group) is 1. The van der Waals surface area contributed by atoms with Crippen molar-refractivity contribution in [3.63, 3.8) is 0 Å². The van der Waals surface area contributed by atoms with Crippen LogP contribution in [0.5, 0.6) is 11.5 Å². The van der Waals surface area contributed by atoms with Crippen LogP contribution in [0.25, 0.3) is 6.08 Å². The minimum absolute atomic E-state index is 0.0377. The summed E-state index contributed by atoms with van der Waals surface area (Å²) in [4.78, 5) is 30.9. The van der Waals surface area contributed by atoms with E-state index in [-0.39, 0.29) is 17.4 Å². The van der Waals surface area contributed by atoms with E-state index in [4.69, 9.17) is 4.74 Å². The summed E-state index contributed by atoms with van der Waals surface area (Å²) in [6, 6.07) is 13.8. The quantitative estimate of drug-likeness (QED) is 0.715. The minimum atomic E-state index is -0.518. The maximum atomic E-state index is 12.7. The number of phenolic OH excluding ortho intramolecular Hbond substituents is 1. The lowest BCUT2D eigenvalue weighted by molar-refractivity contribution is -0.123. The third-order valence-electron chi connectivity index (χ3n) is 4.38. The summed E-state index contributed by atoms with van der Waals surface area (Å²) in [5.41, 5.74) is 1.37. The van der Waals surface area contributed by atoms with Gasteiger partial charge in [0.2, 0.25) is 0 Å². The molecular formula is C22H22N2O4S. The lowest BCUT2D eigenvalue weighted by Crippen LogP contribution is -2.24. The number of rotatable bonds is 6. The molecule has 1 unspecified atom stereocenters. The fourth-order valence-electron chi connectivity index (χ4n) is 2.74. The van der Waals surface area contributed by atoms with Gasteiger partial charge in [0.15, 0.2) is 17.1 Å². The van der Waals surface area contributed by atoms with Gasteiger partial charge in [0, 0.05) is 12.6 Å². The maximum Gasteiger partial charge on any atom is 0.266 e. The van der Waals surface area contributed by atoms with Crippen LogP contribution in [0.2, 0.25) is 0 Å². The topological polar surface area (TPSA) is 79.2 Å². The van der Waals surface area contributed by atoms with Crippen LogP contribution in [0.4, 0.5) is 5.69 Å². The molecule has 1 fully saturated rings. The Kier molecular flexibility index (Phi) is 6.39. The van der Waals surface area contributed by atoms with Gasteiger partial charge < -0.3 is 9.84 Å². The average Bonchev–Trinajstić information content (AvgIpc) is 2.96. The Hall–Kier alpha value is -3.06. The molecule has 1 N–H and O–H groups in total. The highest BCUT2D eigenvalue weighted by molar-refractivity contribution is 8.18. The summed E-state index contributed by atoms with van der Waals surface area (Å²) >= 11 is 1.26. The van der Waals surface area contributed by atoms with E-state index in [9.17, 15) is 14.7 Å². The lowest BCUT2D eigenvalue weighted by Gasteiger charge is -2.16. The van der Waals surface area contributed by atoms with Crippen LogP contribution >= 0.6 is 11.8 Å². The number of Topliss-reactive ketones (excluding diaryl/α,β-unsaturated/α-hetero) is 1. The van der Waals surface area contributed by atoms with Crippen molar-refractivity contribution in [2.24, 2.45) is 4.99 Å². The van der Waals surface area contributed by atoms with Gasteiger partial charge in [0.25, 0.3) is 5.91 Å². The predicted molar refractivity (Wildman–Crippen MR) is 115 cm³/mol. The Morgan fingerprint density at radius 2 is 1.93 bits per heavy atom. The molecule has 6 nitrogen and oxygen atoms in total. The molecule has 1 heterocycles. The number of phenols is 1. The summed E-state index contributed by atoms with van der Waals surface area (Å²) in [7, 11) is 1.67. The fourth-order valence-corrected chi connectivity index (χ4v) is 3.72. The van der Waals surface area contributed by atoms with E-state index in [0.717, 1.165) is 5.56 Å². The number of carbonyl (C=O) groups is 2. The van der Waals surface area contributed by atoms with Crippen molar-refractivity contribution in [3.05, 3.63) is 59.0 Å². The molecule has 0 spiro atoms. The molecule has 1 aliphatic heterocycles. The number of benzene rings is 2. The highest BCUT2D eigenvalue weighted by Gasteiger charge is 2.30. The summed E-state index contributed by atoms with van der Waals surface area (Å²) in [5, 5.41) is 9.94. The molecule has 0 saturated carbocycles. The summed E-state index contributed by atoms with van der Waals surface area (Å²) < 4.78 is 5.88. The molecular weight excluding hydrogens is 388 g/mol. The minimum Gasteiger partial charge on any atom is -0.508 e. The van der Waals surface area contributed by atoms with Crippen molar-refractivity contribution >= 4 is 40.4 Å². The van der Waals surface area contributed by atoms with Crippen molar-refractivity contribution in [1.29, 1.82) is 0 Å². The van der Waals surface area contributed by atoms with E-state index in [1.807, 2.05) is 25.1 Å². The molecule has 7 heteroatoms. The highest BCUT2D eigenvalue weighted by Crippen LogP contribution is 2.35.